The van der Waals surface area contributed by atoms with E-state index in [4.69, 9.17) is 13.9 Å². The van der Waals surface area contributed by atoms with Crippen LogP contribution in [0.2, 0.25) is 0 Å². The molecule has 1 aliphatic heterocycles. The maximum absolute atomic E-state index is 13.1. The Morgan fingerprint density at radius 2 is 1.96 bits per heavy atom. The zero-order chi connectivity index (χ0) is 18.0. The molecule has 0 bridgehead atoms. The molecule has 134 valence electrons. The van der Waals surface area contributed by atoms with Crippen LogP contribution in [0.1, 0.15) is 24.9 Å². The van der Waals surface area contributed by atoms with E-state index in [-0.39, 0.29) is 35.8 Å². The van der Waals surface area contributed by atoms with Gasteiger partial charge in [-0.15, -0.1) is 0 Å². The number of benzene rings is 1. The van der Waals surface area contributed by atoms with Gasteiger partial charge in [0, 0.05) is 18.5 Å². The first-order valence-corrected chi connectivity index (χ1v) is 9.39. The fourth-order valence-electron chi connectivity index (χ4n) is 2.45. The van der Waals surface area contributed by atoms with Crippen molar-refractivity contribution in [1.82, 2.24) is 5.32 Å². The highest BCUT2D eigenvalue weighted by molar-refractivity contribution is 7.91. The Hall–Kier alpha value is -2.48. The number of amides is 1. The van der Waals surface area contributed by atoms with Crippen molar-refractivity contribution in [2.45, 2.75) is 24.0 Å². The van der Waals surface area contributed by atoms with E-state index in [1.807, 2.05) is 0 Å². The molecule has 25 heavy (non-hydrogen) atoms. The largest absolute Gasteiger partial charge is 0.468 e. The first-order valence-electron chi connectivity index (χ1n) is 7.84. The molecule has 1 N–H and O–H groups in total. The standard InChI is InChI=1S/C17H19NO6S/c1-11(2)17(19)18-9-16(14-4-3-7-22-14)25(20,21)12-5-6-13-15(8-12)24-10-23-13/h3-8,11,16H,9-10H2,1-2H3,(H,18,19)/t16-/m1/s1. The molecule has 1 amide bonds. The third kappa shape index (κ3) is 3.48. The summed E-state index contributed by atoms with van der Waals surface area (Å²) in [5.41, 5.74) is 0. The number of nitrogens with one attached hydrogen (secondary N) is 1. The Balaban J connectivity index is 1.92. The van der Waals surface area contributed by atoms with E-state index in [9.17, 15) is 13.2 Å². The normalized spacial score (nSPS) is 14.5. The summed E-state index contributed by atoms with van der Waals surface area (Å²) >= 11 is 0. The highest BCUT2D eigenvalue weighted by Crippen LogP contribution is 2.37. The average Bonchev–Trinajstić information content (AvgIpc) is 3.25. The summed E-state index contributed by atoms with van der Waals surface area (Å²) in [4.78, 5) is 11.9. The number of carbonyl (C=O) groups excluding carboxylic acids is 1. The van der Waals surface area contributed by atoms with Crippen molar-refractivity contribution in [2.24, 2.45) is 5.92 Å². The number of rotatable bonds is 6. The second-order valence-electron chi connectivity index (χ2n) is 5.96. The van der Waals surface area contributed by atoms with Crippen LogP contribution in [0.3, 0.4) is 0 Å². The van der Waals surface area contributed by atoms with Gasteiger partial charge in [-0.3, -0.25) is 4.79 Å². The van der Waals surface area contributed by atoms with Crippen LogP contribution in [-0.4, -0.2) is 27.7 Å². The van der Waals surface area contributed by atoms with Gasteiger partial charge in [-0.2, -0.15) is 0 Å². The smallest absolute Gasteiger partial charge is 0.231 e. The number of fused-ring (bicyclic) bond motifs is 1. The van der Waals surface area contributed by atoms with Crippen LogP contribution in [0, 0.1) is 5.92 Å². The number of hydrogen-bond donors (Lipinski definition) is 1. The van der Waals surface area contributed by atoms with E-state index in [1.165, 1.54) is 18.4 Å². The van der Waals surface area contributed by atoms with Gasteiger partial charge in [-0.1, -0.05) is 13.8 Å². The molecule has 0 spiro atoms. The summed E-state index contributed by atoms with van der Waals surface area (Å²) in [5, 5.41) is 1.63. The maximum atomic E-state index is 13.1. The summed E-state index contributed by atoms with van der Waals surface area (Å²) in [6, 6.07) is 7.64. The third-order valence-corrected chi connectivity index (χ3v) is 5.95. The Labute approximate surface area is 145 Å². The van der Waals surface area contributed by atoms with Crippen LogP contribution in [0.5, 0.6) is 11.5 Å². The van der Waals surface area contributed by atoms with Crippen molar-refractivity contribution in [3.8, 4) is 11.5 Å². The predicted molar refractivity (Wildman–Crippen MR) is 89.0 cm³/mol. The zero-order valence-corrected chi connectivity index (χ0v) is 14.7. The Morgan fingerprint density at radius 1 is 1.20 bits per heavy atom. The van der Waals surface area contributed by atoms with Gasteiger partial charge in [-0.25, -0.2) is 8.42 Å². The van der Waals surface area contributed by atoms with Crippen LogP contribution in [0.4, 0.5) is 0 Å². The second kappa shape index (κ2) is 6.79. The maximum Gasteiger partial charge on any atom is 0.231 e. The molecule has 1 aliphatic rings. The molecule has 0 radical (unpaired) electrons. The van der Waals surface area contributed by atoms with Crippen LogP contribution in [0.25, 0.3) is 0 Å². The topological polar surface area (TPSA) is 94.8 Å². The van der Waals surface area contributed by atoms with Crippen molar-refractivity contribution in [2.75, 3.05) is 13.3 Å². The lowest BCUT2D eigenvalue weighted by atomic mass is 10.2. The molecule has 2 aromatic rings. The highest BCUT2D eigenvalue weighted by Gasteiger charge is 2.33. The molecule has 2 heterocycles. The molecule has 7 nitrogen and oxygen atoms in total. The van der Waals surface area contributed by atoms with Gasteiger partial charge in [-0.05, 0) is 24.3 Å². The van der Waals surface area contributed by atoms with Gasteiger partial charge >= 0.3 is 0 Å². The molecule has 1 aromatic heterocycles. The van der Waals surface area contributed by atoms with E-state index in [1.54, 1.807) is 32.0 Å². The summed E-state index contributed by atoms with van der Waals surface area (Å²) in [7, 11) is -3.81. The van der Waals surface area contributed by atoms with Crippen molar-refractivity contribution in [3.05, 3.63) is 42.4 Å². The summed E-state index contributed by atoms with van der Waals surface area (Å²) < 4.78 is 42.0. The van der Waals surface area contributed by atoms with E-state index in [0.717, 1.165) is 0 Å². The monoisotopic (exact) mass is 365 g/mol. The number of hydrogen-bond acceptors (Lipinski definition) is 6. The summed E-state index contributed by atoms with van der Waals surface area (Å²) in [6.07, 6.45) is 1.40. The minimum absolute atomic E-state index is 0.0604. The van der Waals surface area contributed by atoms with E-state index in [0.29, 0.717) is 11.5 Å². The minimum Gasteiger partial charge on any atom is -0.468 e. The Kier molecular flexibility index (Phi) is 4.71. The first-order chi connectivity index (χ1) is 11.9. The fraction of sp³-hybridized carbons (Fsp3) is 0.353. The van der Waals surface area contributed by atoms with E-state index < -0.39 is 15.1 Å². The van der Waals surface area contributed by atoms with Crippen LogP contribution in [0.15, 0.2) is 45.9 Å². The van der Waals surface area contributed by atoms with Crippen molar-refractivity contribution in [3.63, 3.8) is 0 Å². The van der Waals surface area contributed by atoms with Gasteiger partial charge in [0.05, 0.1) is 11.2 Å². The average molecular weight is 365 g/mol. The van der Waals surface area contributed by atoms with E-state index in [2.05, 4.69) is 5.32 Å². The molecule has 1 aromatic carbocycles. The Morgan fingerprint density at radius 3 is 2.64 bits per heavy atom. The zero-order valence-electron chi connectivity index (χ0n) is 13.9. The lowest BCUT2D eigenvalue weighted by Gasteiger charge is -2.17. The van der Waals surface area contributed by atoms with Gasteiger partial charge in [0.1, 0.15) is 11.0 Å². The highest BCUT2D eigenvalue weighted by atomic mass is 32.2. The first kappa shape index (κ1) is 17.3. The van der Waals surface area contributed by atoms with Gasteiger partial charge in [0.2, 0.25) is 12.7 Å². The molecule has 8 heteroatoms. The van der Waals surface area contributed by atoms with Gasteiger partial charge in [0.25, 0.3) is 0 Å². The number of furan rings is 1. The molecule has 0 saturated heterocycles. The van der Waals surface area contributed by atoms with E-state index >= 15 is 0 Å². The van der Waals surface area contributed by atoms with Crippen LogP contribution in [-0.2, 0) is 14.6 Å². The quantitative estimate of drug-likeness (QED) is 0.844. The van der Waals surface area contributed by atoms with Crippen molar-refractivity contribution in [1.29, 1.82) is 0 Å². The van der Waals surface area contributed by atoms with Crippen LogP contribution < -0.4 is 14.8 Å². The minimum atomic E-state index is -3.81. The Bertz CT molecular complexity index is 857. The molecule has 0 fully saturated rings. The number of sulfone groups is 1. The van der Waals surface area contributed by atoms with Crippen molar-refractivity contribution < 1.29 is 27.1 Å². The molecule has 0 saturated carbocycles. The lowest BCUT2D eigenvalue weighted by molar-refractivity contribution is -0.123. The molecular formula is C17H19NO6S. The summed E-state index contributed by atoms with van der Waals surface area (Å²) in [5.74, 6) is 0.678. The van der Waals surface area contributed by atoms with Gasteiger partial charge in [0.15, 0.2) is 21.3 Å². The lowest BCUT2D eigenvalue weighted by Crippen LogP contribution is -2.34. The summed E-state index contributed by atoms with van der Waals surface area (Å²) in [6.45, 7) is 3.46. The molecule has 1 atom stereocenters. The SMILES string of the molecule is CC(C)C(=O)NC[C@H](c1ccco1)S(=O)(=O)c1ccc2c(c1)OCO2. The van der Waals surface area contributed by atoms with Crippen LogP contribution >= 0.6 is 0 Å². The van der Waals surface area contributed by atoms with Crippen molar-refractivity contribution >= 4 is 15.7 Å². The predicted octanol–water partition coefficient (Wildman–Crippen LogP) is 2.30. The second-order valence-corrected chi connectivity index (χ2v) is 8.09. The fourth-order valence-corrected chi connectivity index (χ4v) is 4.05. The molecule has 0 aliphatic carbocycles. The molecular weight excluding hydrogens is 346 g/mol. The number of ether oxygens (including phenoxy) is 2. The number of carbonyl (C=O) groups is 1. The van der Waals surface area contributed by atoms with Gasteiger partial charge < -0.3 is 19.2 Å². The molecule has 0 unspecified atom stereocenters. The molecule has 3 rings (SSSR count). The third-order valence-electron chi connectivity index (χ3n) is 3.89.